The summed E-state index contributed by atoms with van der Waals surface area (Å²) in [5.74, 6) is 1.54. The van der Waals surface area contributed by atoms with Crippen molar-refractivity contribution in [2.45, 2.75) is 33.4 Å². The average molecular weight is 413 g/mol. The molecule has 0 unspecified atom stereocenters. The van der Waals surface area contributed by atoms with Gasteiger partial charge in [-0.05, 0) is 58.6 Å². The van der Waals surface area contributed by atoms with E-state index in [2.05, 4.69) is 34.2 Å². The molecule has 0 fully saturated rings. The maximum Gasteiger partial charge on any atom is 0.175 e. The minimum absolute atomic E-state index is 0.603. The Morgan fingerprint density at radius 1 is 1.08 bits per heavy atom. The van der Waals surface area contributed by atoms with Gasteiger partial charge in [0.15, 0.2) is 11.5 Å². The molecule has 0 amide bonds. The fraction of sp³-hybridized carbons (Fsp3) is 0.368. The molecule has 24 heavy (non-hydrogen) atoms. The van der Waals surface area contributed by atoms with Crippen molar-refractivity contribution in [3.05, 3.63) is 57.0 Å². The fourth-order valence-electron chi connectivity index (χ4n) is 2.31. The second-order valence-electron chi connectivity index (χ2n) is 5.38. The topological polar surface area (TPSA) is 30.5 Å². The molecule has 2 aromatic rings. The van der Waals surface area contributed by atoms with E-state index in [-0.39, 0.29) is 0 Å². The van der Waals surface area contributed by atoms with Crippen molar-refractivity contribution >= 4 is 27.5 Å². The molecule has 0 saturated heterocycles. The number of halogens is 2. The molecule has 1 N–H and O–H groups in total. The van der Waals surface area contributed by atoms with E-state index in [0.717, 1.165) is 51.6 Å². The van der Waals surface area contributed by atoms with E-state index in [4.69, 9.17) is 21.1 Å². The second-order valence-corrected chi connectivity index (χ2v) is 6.64. The maximum atomic E-state index is 6.18. The van der Waals surface area contributed by atoms with Crippen molar-refractivity contribution in [3.63, 3.8) is 0 Å². The SMILES string of the molecule is CCCOc1c(Br)cc(CNCc2ccccc2Cl)cc1OCC. The van der Waals surface area contributed by atoms with Crippen molar-refractivity contribution in [1.82, 2.24) is 5.32 Å². The summed E-state index contributed by atoms with van der Waals surface area (Å²) in [7, 11) is 0. The molecule has 0 aliphatic rings. The lowest BCUT2D eigenvalue weighted by Crippen LogP contribution is -2.13. The summed E-state index contributed by atoms with van der Waals surface area (Å²) >= 11 is 9.78. The zero-order valence-electron chi connectivity index (χ0n) is 14.1. The molecule has 0 atom stereocenters. The van der Waals surface area contributed by atoms with E-state index in [1.165, 1.54) is 0 Å². The number of hydrogen-bond donors (Lipinski definition) is 1. The normalized spacial score (nSPS) is 10.7. The number of rotatable bonds is 9. The predicted molar refractivity (Wildman–Crippen MR) is 103 cm³/mol. The van der Waals surface area contributed by atoms with Gasteiger partial charge in [0, 0.05) is 18.1 Å². The van der Waals surface area contributed by atoms with Crippen molar-refractivity contribution in [3.8, 4) is 11.5 Å². The summed E-state index contributed by atoms with van der Waals surface area (Å²) < 4.78 is 12.5. The molecule has 0 aliphatic carbocycles. The molecule has 0 spiro atoms. The van der Waals surface area contributed by atoms with Crippen LogP contribution in [0.2, 0.25) is 5.02 Å². The van der Waals surface area contributed by atoms with Crippen LogP contribution in [0.1, 0.15) is 31.4 Å². The standard InChI is InChI=1S/C19H23BrClNO2/c1-3-9-24-19-16(20)10-14(11-18(19)23-4-2)12-22-13-15-7-5-6-8-17(15)21/h5-8,10-11,22H,3-4,9,12-13H2,1-2H3. The molecule has 5 heteroatoms. The molecular formula is C19H23BrClNO2. The summed E-state index contributed by atoms with van der Waals surface area (Å²) in [5, 5.41) is 4.20. The van der Waals surface area contributed by atoms with Crippen molar-refractivity contribution in [2.24, 2.45) is 0 Å². The van der Waals surface area contributed by atoms with Gasteiger partial charge in [-0.2, -0.15) is 0 Å². The van der Waals surface area contributed by atoms with Crippen LogP contribution in [0.4, 0.5) is 0 Å². The quantitative estimate of drug-likeness (QED) is 0.583. The summed E-state index contributed by atoms with van der Waals surface area (Å²) in [6, 6.07) is 12.0. The molecular weight excluding hydrogens is 390 g/mol. The highest BCUT2D eigenvalue weighted by molar-refractivity contribution is 9.10. The van der Waals surface area contributed by atoms with E-state index in [9.17, 15) is 0 Å². The van der Waals surface area contributed by atoms with Gasteiger partial charge in [0.25, 0.3) is 0 Å². The van der Waals surface area contributed by atoms with Crippen LogP contribution in [0.15, 0.2) is 40.9 Å². The molecule has 0 bridgehead atoms. The van der Waals surface area contributed by atoms with E-state index >= 15 is 0 Å². The van der Waals surface area contributed by atoms with Gasteiger partial charge in [0.05, 0.1) is 17.7 Å². The minimum Gasteiger partial charge on any atom is -0.490 e. The summed E-state index contributed by atoms with van der Waals surface area (Å²) in [4.78, 5) is 0. The largest absolute Gasteiger partial charge is 0.490 e. The third-order valence-electron chi connectivity index (χ3n) is 3.42. The van der Waals surface area contributed by atoms with Crippen molar-refractivity contribution in [2.75, 3.05) is 13.2 Å². The van der Waals surface area contributed by atoms with Gasteiger partial charge in [-0.15, -0.1) is 0 Å². The maximum absolute atomic E-state index is 6.18. The van der Waals surface area contributed by atoms with Gasteiger partial charge in [0.2, 0.25) is 0 Å². The van der Waals surface area contributed by atoms with E-state index in [1.807, 2.05) is 37.3 Å². The van der Waals surface area contributed by atoms with Crippen molar-refractivity contribution < 1.29 is 9.47 Å². The molecule has 0 aromatic heterocycles. The Labute approximate surface area is 157 Å². The van der Waals surface area contributed by atoms with E-state index < -0.39 is 0 Å². The van der Waals surface area contributed by atoms with Crippen LogP contribution in [0.25, 0.3) is 0 Å². The van der Waals surface area contributed by atoms with Gasteiger partial charge >= 0.3 is 0 Å². The third kappa shape index (κ3) is 5.40. The van der Waals surface area contributed by atoms with Crippen LogP contribution in [0, 0.1) is 0 Å². The first-order valence-corrected chi connectivity index (χ1v) is 9.35. The van der Waals surface area contributed by atoms with Gasteiger partial charge in [0.1, 0.15) is 0 Å². The highest BCUT2D eigenvalue weighted by Crippen LogP contribution is 2.37. The highest BCUT2D eigenvalue weighted by atomic mass is 79.9. The van der Waals surface area contributed by atoms with Gasteiger partial charge < -0.3 is 14.8 Å². The Kier molecular flexibility index (Phi) is 7.89. The molecule has 3 nitrogen and oxygen atoms in total. The number of nitrogens with one attached hydrogen (secondary N) is 1. The first kappa shape index (κ1) is 19.1. The van der Waals surface area contributed by atoms with Crippen molar-refractivity contribution in [1.29, 1.82) is 0 Å². The van der Waals surface area contributed by atoms with Gasteiger partial charge in [-0.3, -0.25) is 0 Å². The molecule has 0 radical (unpaired) electrons. The smallest absolute Gasteiger partial charge is 0.175 e. The van der Waals surface area contributed by atoms with Crippen LogP contribution >= 0.6 is 27.5 Å². The lowest BCUT2D eigenvalue weighted by molar-refractivity contribution is 0.275. The first-order chi connectivity index (χ1) is 11.7. The van der Waals surface area contributed by atoms with Gasteiger partial charge in [-0.1, -0.05) is 36.7 Å². The zero-order chi connectivity index (χ0) is 17.4. The molecule has 0 heterocycles. The third-order valence-corrected chi connectivity index (χ3v) is 4.38. The Hall–Kier alpha value is -1.23. The van der Waals surface area contributed by atoms with Crippen LogP contribution in [-0.4, -0.2) is 13.2 Å². The zero-order valence-corrected chi connectivity index (χ0v) is 16.4. The molecule has 0 saturated carbocycles. The van der Waals surface area contributed by atoms with Crippen LogP contribution in [-0.2, 0) is 13.1 Å². The average Bonchev–Trinajstić information content (AvgIpc) is 2.56. The molecule has 2 aromatic carbocycles. The van der Waals surface area contributed by atoms with Crippen LogP contribution in [0.5, 0.6) is 11.5 Å². The second kappa shape index (κ2) is 9.92. The Morgan fingerprint density at radius 2 is 1.88 bits per heavy atom. The lowest BCUT2D eigenvalue weighted by atomic mass is 10.2. The van der Waals surface area contributed by atoms with Crippen LogP contribution < -0.4 is 14.8 Å². The first-order valence-electron chi connectivity index (χ1n) is 8.17. The molecule has 2 rings (SSSR count). The number of ether oxygens (including phenoxy) is 2. The van der Waals surface area contributed by atoms with Gasteiger partial charge in [-0.25, -0.2) is 0 Å². The highest BCUT2D eigenvalue weighted by Gasteiger charge is 2.12. The lowest BCUT2D eigenvalue weighted by Gasteiger charge is -2.15. The molecule has 0 aliphatic heterocycles. The Balaban J connectivity index is 2.06. The molecule has 130 valence electrons. The number of benzene rings is 2. The summed E-state index contributed by atoms with van der Waals surface area (Å²) in [5.41, 5.74) is 2.22. The number of hydrogen-bond acceptors (Lipinski definition) is 3. The predicted octanol–water partition coefficient (Wildman–Crippen LogP) is 5.58. The fourth-order valence-corrected chi connectivity index (χ4v) is 3.12. The minimum atomic E-state index is 0.603. The monoisotopic (exact) mass is 411 g/mol. The van der Waals surface area contributed by atoms with E-state index in [1.54, 1.807) is 0 Å². The van der Waals surface area contributed by atoms with E-state index in [0.29, 0.717) is 13.2 Å². The Morgan fingerprint density at radius 3 is 2.58 bits per heavy atom. The Bertz CT molecular complexity index is 664. The summed E-state index contributed by atoms with van der Waals surface area (Å²) in [6.07, 6.45) is 0.957. The van der Waals surface area contributed by atoms with Crippen LogP contribution in [0.3, 0.4) is 0 Å². The summed E-state index contributed by atoms with van der Waals surface area (Å²) in [6.45, 7) is 6.77.